The Morgan fingerprint density at radius 2 is 0.782 bits per heavy atom. The van der Waals surface area contributed by atoms with Gasteiger partial charge in [0.25, 0.3) is 0 Å². The maximum Gasteiger partial charge on any atom is 0.0900 e. The van der Waals surface area contributed by atoms with E-state index in [2.05, 4.69) is 161 Å². The van der Waals surface area contributed by atoms with Crippen molar-refractivity contribution in [1.82, 2.24) is 24.5 Å². The van der Waals surface area contributed by atoms with Gasteiger partial charge in [0.1, 0.15) is 0 Å². The number of pyridine rings is 4. The van der Waals surface area contributed by atoms with Crippen LogP contribution in [0.1, 0.15) is 0 Å². The molecule has 0 unspecified atom stereocenters. The summed E-state index contributed by atoms with van der Waals surface area (Å²) >= 11 is 0. The summed E-state index contributed by atoms with van der Waals surface area (Å²) in [5, 5.41) is 2.50. The van der Waals surface area contributed by atoms with Crippen molar-refractivity contribution in [2.45, 2.75) is 0 Å². The molecule has 10 rings (SSSR count). The molecule has 0 saturated carbocycles. The van der Waals surface area contributed by atoms with Gasteiger partial charge in [-0.1, -0.05) is 115 Å². The molecule has 0 aliphatic heterocycles. The fraction of sp³-hybridized carbons (Fsp3) is 0. The van der Waals surface area contributed by atoms with Crippen molar-refractivity contribution in [2.24, 2.45) is 0 Å². The molecule has 5 heteroatoms. The van der Waals surface area contributed by atoms with Crippen molar-refractivity contribution in [3.63, 3.8) is 0 Å². The summed E-state index contributed by atoms with van der Waals surface area (Å²) in [7, 11) is 0. The van der Waals surface area contributed by atoms with Crippen LogP contribution in [0.2, 0.25) is 0 Å². The van der Waals surface area contributed by atoms with Gasteiger partial charge in [0.2, 0.25) is 0 Å². The van der Waals surface area contributed by atoms with E-state index in [4.69, 9.17) is 15.0 Å². The normalized spacial score (nSPS) is 11.3. The van der Waals surface area contributed by atoms with Crippen LogP contribution in [-0.2, 0) is 0 Å². The molecular formula is C50H33N5. The molecule has 0 fully saturated rings. The predicted octanol–water partition coefficient (Wildman–Crippen LogP) is 12.4. The molecule has 0 radical (unpaired) electrons. The molecule has 5 heterocycles. The summed E-state index contributed by atoms with van der Waals surface area (Å²) in [5.74, 6) is 0. The first-order chi connectivity index (χ1) is 27.2. The summed E-state index contributed by atoms with van der Waals surface area (Å²) in [5.41, 5.74) is 14.7. The Hall–Kier alpha value is -7.50. The molecule has 5 aromatic carbocycles. The lowest BCUT2D eigenvalue weighted by atomic mass is 9.99. The molecule has 0 aliphatic rings. The van der Waals surface area contributed by atoms with E-state index in [-0.39, 0.29) is 0 Å². The molecule has 0 atom stereocenters. The maximum absolute atomic E-state index is 5.23. The summed E-state index contributed by atoms with van der Waals surface area (Å²) in [6.45, 7) is 0. The standard InChI is InChI=1S/C50H33N5/c1-3-13-34(14-4-1)39-32-47(43-19-11-12-27-51-43)54-48(33-39)46-29-37(26-28-52-46)45-31-38(30-44(53-45)36-15-5-2-6-16-36)35-22-24-40(25-23-35)55-49-20-9-7-17-41(49)42-18-8-10-21-50(42)55/h1-33H. The molecule has 55 heavy (non-hydrogen) atoms. The highest BCUT2D eigenvalue weighted by molar-refractivity contribution is 6.09. The second-order valence-corrected chi connectivity index (χ2v) is 13.5. The fourth-order valence-electron chi connectivity index (χ4n) is 7.44. The zero-order valence-electron chi connectivity index (χ0n) is 29.8. The molecule has 0 amide bonds. The van der Waals surface area contributed by atoms with E-state index in [1.165, 1.54) is 21.8 Å². The van der Waals surface area contributed by atoms with Gasteiger partial charge in [-0.05, 0) is 95.1 Å². The SMILES string of the molecule is c1ccc(-c2cc(-c3ccccn3)nc(-c3cc(-c4cc(-c5ccc(-n6c7ccccc7c7ccccc76)cc5)cc(-c5ccccc5)n4)ccn3)c2)cc1. The van der Waals surface area contributed by atoms with E-state index in [0.29, 0.717) is 0 Å². The molecule has 0 aliphatic carbocycles. The third-order valence-corrected chi connectivity index (χ3v) is 10.1. The highest BCUT2D eigenvalue weighted by Gasteiger charge is 2.15. The van der Waals surface area contributed by atoms with Crippen LogP contribution in [0.5, 0.6) is 0 Å². The zero-order valence-corrected chi connectivity index (χ0v) is 29.8. The molecule has 0 spiro atoms. The number of hydrogen-bond donors (Lipinski definition) is 0. The molecule has 258 valence electrons. The largest absolute Gasteiger partial charge is 0.309 e. The van der Waals surface area contributed by atoms with E-state index < -0.39 is 0 Å². The monoisotopic (exact) mass is 703 g/mol. The second kappa shape index (κ2) is 13.8. The molecule has 10 aromatic rings. The Morgan fingerprint density at radius 3 is 1.44 bits per heavy atom. The zero-order chi connectivity index (χ0) is 36.6. The van der Waals surface area contributed by atoms with Gasteiger partial charge in [-0.25, -0.2) is 9.97 Å². The van der Waals surface area contributed by atoms with Crippen LogP contribution in [0.25, 0.3) is 95.0 Å². The quantitative estimate of drug-likeness (QED) is 0.166. The highest BCUT2D eigenvalue weighted by atomic mass is 15.0. The Labute approximate surface area is 318 Å². The lowest BCUT2D eigenvalue weighted by molar-refractivity contribution is 1.18. The van der Waals surface area contributed by atoms with Crippen molar-refractivity contribution >= 4 is 21.8 Å². The predicted molar refractivity (Wildman–Crippen MR) is 225 cm³/mol. The Bertz CT molecular complexity index is 2840. The van der Waals surface area contributed by atoms with Crippen molar-refractivity contribution in [3.8, 4) is 73.2 Å². The van der Waals surface area contributed by atoms with Gasteiger partial charge in [-0.15, -0.1) is 0 Å². The first-order valence-electron chi connectivity index (χ1n) is 18.4. The number of fused-ring (bicyclic) bond motifs is 3. The van der Waals surface area contributed by atoms with E-state index in [9.17, 15) is 0 Å². The van der Waals surface area contributed by atoms with Crippen molar-refractivity contribution < 1.29 is 0 Å². The Balaban J connectivity index is 1.08. The smallest absolute Gasteiger partial charge is 0.0900 e. The molecule has 0 N–H and O–H groups in total. The average Bonchev–Trinajstić information content (AvgIpc) is 3.61. The Kier molecular flexibility index (Phi) is 8.08. The van der Waals surface area contributed by atoms with Crippen LogP contribution in [0.15, 0.2) is 200 Å². The van der Waals surface area contributed by atoms with E-state index in [1.54, 1.807) is 6.20 Å². The van der Waals surface area contributed by atoms with Crippen LogP contribution in [0.3, 0.4) is 0 Å². The van der Waals surface area contributed by atoms with E-state index in [1.807, 2.05) is 42.6 Å². The van der Waals surface area contributed by atoms with E-state index in [0.717, 1.165) is 73.2 Å². The summed E-state index contributed by atoms with van der Waals surface area (Å²) < 4.78 is 2.35. The minimum atomic E-state index is 0.761. The second-order valence-electron chi connectivity index (χ2n) is 13.5. The molecule has 5 nitrogen and oxygen atoms in total. The van der Waals surface area contributed by atoms with Gasteiger partial charge in [-0.2, -0.15) is 0 Å². The topological polar surface area (TPSA) is 56.5 Å². The third kappa shape index (κ3) is 6.14. The van der Waals surface area contributed by atoms with Gasteiger partial charge in [0, 0.05) is 40.0 Å². The third-order valence-electron chi connectivity index (χ3n) is 10.1. The van der Waals surface area contributed by atoms with Crippen LogP contribution in [0.4, 0.5) is 0 Å². The lowest BCUT2D eigenvalue weighted by Crippen LogP contribution is -1.96. The number of nitrogens with zero attached hydrogens (tertiary/aromatic N) is 5. The number of para-hydroxylation sites is 2. The van der Waals surface area contributed by atoms with Gasteiger partial charge < -0.3 is 4.57 Å². The highest BCUT2D eigenvalue weighted by Crippen LogP contribution is 2.36. The van der Waals surface area contributed by atoms with Crippen LogP contribution >= 0.6 is 0 Å². The average molecular weight is 704 g/mol. The van der Waals surface area contributed by atoms with Crippen molar-refractivity contribution in [2.75, 3.05) is 0 Å². The number of hydrogen-bond acceptors (Lipinski definition) is 4. The van der Waals surface area contributed by atoms with Crippen LogP contribution in [-0.4, -0.2) is 24.5 Å². The van der Waals surface area contributed by atoms with Gasteiger partial charge >= 0.3 is 0 Å². The molecule has 0 bridgehead atoms. The number of rotatable bonds is 7. The fourth-order valence-corrected chi connectivity index (χ4v) is 7.44. The summed E-state index contributed by atoms with van der Waals surface area (Å²) in [6.07, 6.45) is 3.64. The van der Waals surface area contributed by atoms with Gasteiger partial charge in [0.05, 0.1) is 45.2 Å². The van der Waals surface area contributed by atoms with Crippen LogP contribution in [0, 0.1) is 0 Å². The summed E-state index contributed by atoms with van der Waals surface area (Å²) in [4.78, 5) is 19.8. The van der Waals surface area contributed by atoms with E-state index >= 15 is 0 Å². The minimum Gasteiger partial charge on any atom is -0.309 e. The summed E-state index contributed by atoms with van der Waals surface area (Å²) in [6, 6.07) is 65.3. The molecule has 5 aromatic heterocycles. The van der Waals surface area contributed by atoms with Gasteiger partial charge in [-0.3, -0.25) is 9.97 Å². The van der Waals surface area contributed by atoms with Gasteiger partial charge in [0.15, 0.2) is 0 Å². The molecule has 0 saturated heterocycles. The van der Waals surface area contributed by atoms with Crippen molar-refractivity contribution in [1.29, 1.82) is 0 Å². The lowest BCUT2D eigenvalue weighted by Gasteiger charge is -2.13. The Morgan fingerprint density at radius 1 is 0.291 bits per heavy atom. The molecular weight excluding hydrogens is 671 g/mol. The van der Waals surface area contributed by atoms with Crippen molar-refractivity contribution in [3.05, 3.63) is 200 Å². The van der Waals surface area contributed by atoms with Crippen LogP contribution < -0.4 is 0 Å². The maximum atomic E-state index is 5.23. The minimum absolute atomic E-state index is 0.761. The number of benzene rings is 5. The first kappa shape index (κ1) is 32.2. The first-order valence-corrected chi connectivity index (χ1v) is 18.4. The number of aromatic nitrogens is 5.